The SMILES string of the molecule is Cc1cc2nc(CCc3nc4c(C)ncc(C)n4n3)ccc2cc1F. The largest absolute Gasteiger partial charge is 0.256 e. The highest BCUT2D eigenvalue weighted by Gasteiger charge is 2.10. The summed E-state index contributed by atoms with van der Waals surface area (Å²) in [6.45, 7) is 5.65. The Bertz CT molecular complexity index is 1060. The summed E-state index contributed by atoms with van der Waals surface area (Å²) in [6.07, 6.45) is 3.22. The minimum atomic E-state index is -0.199. The molecule has 0 saturated carbocycles. The van der Waals surface area contributed by atoms with Gasteiger partial charge in [-0.2, -0.15) is 5.10 Å². The second kappa shape index (κ2) is 5.88. The molecular weight excluding hydrogens is 317 g/mol. The van der Waals surface area contributed by atoms with E-state index in [4.69, 9.17) is 0 Å². The summed E-state index contributed by atoms with van der Waals surface area (Å²) in [5.74, 6) is 0.576. The highest BCUT2D eigenvalue weighted by molar-refractivity contribution is 5.79. The zero-order valence-electron chi connectivity index (χ0n) is 14.4. The predicted molar refractivity (Wildman–Crippen MR) is 94.1 cm³/mol. The second-order valence-corrected chi connectivity index (χ2v) is 6.35. The fourth-order valence-corrected chi connectivity index (χ4v) is 2.91. The van der Waals surface area contributed by atoms with Crippen molar-refractivity contribution in [2.45, 2.75) is 33.6 Å². The van der Waals surface area contributed by atoms with Gasteiger partial charge in [0.15, 0.2) is 11.5 Å². The highest BCUT2D eigenvalue weighted by Crippen LogP contribution is 2.18. The number of pyridine rings is 1. The van der Waals surface area contributed by atoms with Crippen molar-refractivity contribution in [1.29, 1.82) is 0 Å². The number of fused-ring (bicyclic) bond motifs is 2. The first-order chi connectivity index (χ1) is 12.0. The van der Waals surface area contributed by atoms with Gasteiger partial charge in [-0.05, 0) is 51.0 Å². The molecule has 5 nitrogen and oxygen atoms in total. The number of halogens is 1. The molecule has 126 valence electrons. The molecule has 4 rings (SSSR count). The summed E-state index contributed by atoms with van der Waals surface area (Å²) < 4.78 is 15.5. The average Bonchev–Trinajstić information content (AvgIpc) is 3.03. The van der Waals surface area contributed by atoms with E-state index in [9.17, 15) is 4.39 Å². The molecular formula is C19H18FN5. The summed E-state index contributed by atoms with van der Waals surface area (Å²) in [5.41, 5.74) is 5.00. The molecule has 0 aliphatic rings. The lowest BCUT2D eigenvalue weighted by atomic mass is 10.1. The molecule has 0 saturated heterocycles. The van der Waals surface area contributed by atoms with E-state index in [1.165, 1.54) is 6.07 Å². The smallest absolute Gasteiger partial charge is 0.177 e. The zero-order valence-corrected chi connectivity index (χ0v) is 14.4. The van der Waals surface area contributed by atoms with Crippen molar-refractivity contribution in [2.75, 3.05) is 0 Å². The Labute approximate surface area is 144 Å². The molecule has 1 aromatic carbocycles. The van der Waals surface area contributed by atoms with Crippen LogP contribution >= 0.6 is 0 Å². The van der Waals surface area contributed by atoms with Crippen LogP contribution in [0.25, 0.3) is 16.6 Å². The van der Waals surface area contributed by atoms with Gasteiger partial charge < -0.3 is 0 Å². The maximum absolute atomic E-state index is 13.6. The van der Waals surface area contributed by atoms with Crippen LogP contribution in [-0.4, -0.2) is 24.6 Å². The summed E-state index contributed by atoms with van der Waals surface area (Å²) in [6, 6.07) is 7.17. The first kappa shape index (κ1) is 15.6. The molecule has 0 bridgehead atoms. The van der Waals surface area contributed by atoms with Crippen molar-refractivity contribution in [3.8, 4) is 0 Å². The Morgan fingerprint density at radius 1 is 1.04 bits per heavy atom. The fraction of sp³-hybridized carbons (Fsp3) is 0.263. The number of hydrogen-bond acceptors (Lipinski definition) is 4. The lowest BCUT2D eigenvalue weighted by Gasteiger charge is -2.04. The van der Waals surface area contributed by atoms with Crippen LogP contribution in [0.2, 0.25) is 0 Å². The molecule has 0 unspecified atom stereocenters. The molecule has 0 amide bonds. The van der Waals surface area contributed by atoms with Crippen molar-refractivity contribution in [1.82, 2.24) is 24.6 Å². The van der Waals surface area contributed by atoms with E-state index < -0.39 is 0 Å². The number of aromatic nitrogens is 5. The van der Waals surface area contributed by atoms with Crippen LogP contribution in [0.5, 0.6) is 0 Å². The topological polar surface area (TPSA) is 56.0 Å². The molecule has 0 aliphatic heterocycles. The first-order valence-corrected chi connectivity index (χ1v) is 8.25. The molecule has 25 heavy (non-hydrogen) atoms. The van der Waals surface area contributed by atoms with Crippen LogP contribution in [0.1, 0.15) is 28.5 Å². The molecule has 0 aliphatic carbocycles. The zero-order chi connectivity index (χ0) is 17.6. The van der Waals surface area contributed by atoms with Gasteiger partial charge in [-0.25, -0.2) is 13.9 Å². The monoisotopic (exact) mass is 335 g/mol. The van der Waals surface area contributed by atoms with Crippen molar-refractivity contribution in [2.24, 2.45) is 0 Å². The minimum absolute atomic E-state index is 0.199. The summed E-state index contributed by atoms with van der Waals surface area (Å²) >= 11 is 0. The van der Waals surface area contributed by atoms with Crippen LogP contribution in [0.15, 0.2) is 30.5 Å². The Hall–Kier alpha value is -2.89. The molecule has 3 aromatic heterocycles. The van der Waals surface area contributed by atoms with Gasteiger partial charge in [-0.3, -0.25) is 9.97 Å². The Balaban J connectivity index is 1.61. The van der Waals surface area contributed by atoms with Gasteiger partial charge in [0.2, 0.25) is 0 Å². The van der Waals surface area contributed by atoms with Crippen molar-refractivity contribution >= 4 is 16.6 Å². The van der Waals surface area contributed by atoms with Gasteiger partial charge in [-0.1, -0.05) is 6.07 Å². The van der Waals surface area contributed by atoms with E-state index >= 15 is 0 Å². The van der Waals surface area contributed by atoms with E-state index in [0.29, 0.717) is 12.0 Å². The molecule has 6 heteroatoms. The standard InChI is InChI=1S/C19H18FN5/c1-11-8-17-14(9-16(11)20)4-5-15(22-17)6-7-18-23-19-13(3)21-10-12(2)25(19)24-18/h4-5,8-10H,6-7H2,1-3H3. The van der Waals surface area contributed by atoms with Gasteiger partial charge in [0, 0.05) is 23.7 Å². The second-order valence-electron chi connectivity index (χ2n) is 6.35. The normalized spacial score (nSPS) is 11.5. The summed E-state index contributed by atoms with van der Waals surface area (Å²) in [7, 11) is 0. The predicted octanol–water partition coefficient (Wildman–Crippen LogP) is 3.52. The highest BCUT2D eigenvalue weighted by atomic mass is 19.1. The lowest BCUT2D eigenvalue weighted by molar-refractivity contribution is 0.620. The van der Waals surface area contributed by atoms with Crippen LogP contribution in [0.3, 0.4) is 0 Å². The number of rotatable bonds is 3. The van der Waals surface area contributed by atoms with E-state index in [2.05, 4.69) is 20.1 Å². The third-order valence-corrected chi connectivity index (χ3v) is 4.39. The van der Waals surface area contributed by atoms with Gasteiger partial charge in [0.1, 0.15) is 5.82 Å². The number of nitrogens with zero attached hydrogens (tertiary/aromatic N) is 5. The molecule has 0 radical (unpaired) electrons. The molecule has 3 heterocycles. The van der Waals surface area contributed by atoms with Crippen LogP contribution in [0.4, 0.5) is 4.39 Å². The lowest BCUT2D eigenvalue weighted by Crippen LogP contribution is -1.99. The third-order valence-electron chi connectivity index (χ3n) is 4.39. The minimum Gasteiger partial charge on any atom is -0.256 e. The Morgan fingerprint density at radius 2 is 1.88 bits per heavy atom. The molecule has 4 aromatic rings. The third kappa shape index (κ3) is 2.84. The quantitative estimate of drug-likeness (QED) is 0.575. The van der Waals surface area contributed by atoms with E-state index in [1.807, 2.05) is 30.5 Å². The van der Waals surface area contributed by atoms with Crippen LogP contribution in [-0.2, 0) is 12.8 Å². The Morgan fingerprint density at radius 3 is 2.68 bits per heavy atom. The summed E-state index contributed by atoms with van der Waals surface area (Å²) in [5, 5.41) is 5.38. The number of hydrogen-bond donors (Lipinski definition) is 0. The van der Waals surface area contributed by atoms with Gasteiger partial charge >= 0.3 is 0 Å². The Kier molecular flexibility index (Phi) is 3.67. The van der Waals surface area contributed by atoms with Crippen LogP contribution < -0.4 is 0 Å². The maximum Gasteiger partial charge on any atom is 0.177 e. The molecule has 0 N–H and O–H groups in total. The fourth-order valence-electron chi connectivity index (χ4n) is 2.91. The molecule has 0 spiro atoms. The average molecular weight is 335 g/mol. The van der Waals surface area contributed by atoms with Crippen molar-refractivity contribution in [3.63, 3.8) is 0 Å². The van der Waals surface area contributed by atoms with Crippen LogP contribution in [0, 0.1) is 26.6 Å². The van der Waals surface area contributed by atoms with E-state index in [1.54, 1.807) is 19.2 Å². The van der Waals surface area contributed by atoms with Crippen molar-refractivity contribution < 1.29 is 4.39 Å². The maximum atomic E-state index is 13.6. The molecule has 0 fully saturated rings. The van der Waals surface area contributed by atoms with Gasteiger partial charge in [0.05, 0.1) is 16.9 Å². The first-order valence-electron chi connectivity index (χ1n) is 8.25. The van der Waals surface area contributed by atoms with E-state index in [-0.39, 0.29) is 5.82 Å². The van der Waals surface area contributed by atoms with Gasteiger partial charge in [-0.15, -0.1) is 0 Å². The van der Waals surface area contributed by atoms with Crippen molar-refractivity contribution in [3.05, 3.63) is 64.7 Å². The summed E-state index contributed by atoms with van der Waals surface area (Å²) in [4.78, 5) is 13.5. The molecule has 0 atom stereocenters. The number of aryl methyl sites for hydroxylation is 5. The van der Waals surface area contributed by atoms with E-state index in [0.717, 1.165) is 45.9 Å². The van der Waals surface area contributed by atoms with Gasteiger partial charge in [0.25, 0.3) is 0 Å². The number of benzene rings is 1.